The number of nitrogens with zero attached hydrogens (tertiary/aromatic N) is 2. The zero-order valence-corrected chi connectivity index (χ0v) is 14.3. The molecule has 0 spiro atoms. The van der Waals surface area contributed by atoms with Crippen molar-refractivity contribution >= 4 is 17.5 Å². The van der Waals surface area contributed by atoms with Crippen molar-refractivity contribution in [3.63, 3.8) is 0 Å². The third-order valence-electron chi connectivity index (χ3n) is 5.71. The number of carbonyl (C=O) groups is 2. The van der Waals surface area contributed by atoms with Crippen LogP contribution in [0.15, 0.2) is 18.2 Å². The molecular weight excluding hydrogens is 302 g/mol. The van der Waals surface area contributed by atoms with E-state index in [0.717, 1.165) is 49.3 Å². The van der Waals surface area contributed by atoms with Gasteiger partial charge in [0.05, 0.1) is 0 Å². The smallest absolute Gasteiger partial charge is 0.319 e. The molecule has 0 bridgehead atoms. The van der Waals surface area contributed by atoms with Crippen molar-refractivity contribution in [2.24, 2.45) is 0 Å². The predicted octanol–water partition coefficient (Wildman–Crippen LogP) is 2.91. The fourth-order valence-corrected chi connectivity index (χ4v) is 4.37. The van der Waals surface area contributed by atoms with Crippen LogP contribution in [0.2, 0.25) is 0 Å². The fraction of sp³-hybridized carbons (Fsp3) is 0.579. The number of carbonyl (C=O) groups excluding carboxylic acids is 2. The van der Waals surface area contributed by atoms with Crippen LogP contribution in [0, 0.1) is 0 Å². The lowest BCUT2D eigenvalue weighted by Crippen LogP contribution is -2.57. The molecule has 4 rings (SSSR count). The second-order valence-electron chi connectivity index (χ2n) is 7.37. The molecule has 1 aliphatic carbocycles. The summed E-state index contributed by atoms with van der Waals surface area (Å²) in [5, 5.41) is 3.01. The summed E-state index contributed by atoms with van der Waals surface area (Å²) in [4.78, 5) is 29.3. The molecule has 2 saturated heterocycles. The second kappa shape index (κ2) is 6.20. The van der Waals surface area contributed by atoms with E-state index in [1.54, 1.807) is 0 Å². The summed E-state index contributed by atoms with van der Waals surface area (Å²) >= 11 is 0. The maximum atomic E-state index is 12.7. The number of piperazine rings is 1. The third-order valence-corrected chi connectivity index (χ3v) is 5.71. The molecule has 0 saturated carbocycles. The van der Waals surface area contributed by atoms with Gasteiger partial charge in [-0.1, -0.05) is 6.07 Å². The van der Waals surface area contributed by atoms with E-state index >= 15 is 0 Å². The van der Waals surface area contributed by atoms with Gasteiger partial charge in [0.15, 0.2) is 5.78 Å². The number of fused-ring (bicyclic) bond motifs is 2. The number of urea groups is 1. The van der Waals surface area contributed by atoms with Crippen LogP contribution in [-0.4, -0.2) is 53.3 Å². The van der Waals surface area contributed by atoms with Gasteiger partial charge in [-0.25, -0.2) is 4.79 Å². The quantitative estimate of drug-likeness (QED) is 0.863. The molecule has 128 valence electrons. The average molecular weight is 327 g/mol. The van der Waals surface area contributed by atoms with Gasteiger partial charge in [0, 0.05) is 42.8 Å². The molecule has 1 aromatic rings. The van der Waals surface area contributed by atoms with Crippen LogP contribution < -0.4 is 5.32 Å². The lowest BCUT2D eigenvalue weighted by atomic mass is 9.90. The molecule has 0 aromatic heterocycles. The monoisotopic (exact) mass is 327 g/mol. The number of anilines is 1. The van der Waals surface area contributed by atoms with E-state index in [-0.39, 0.29) is 17.9 Å². The van der Waals surface area contributed by atoms with Crippen molar-refractivity contribution in [2.75, 3.05) is 25.0 Å². The number of Topliss-reactive ketones (excluding diaryl/α,β-unsaturated/α-hetero) is 1. The summed E-state index contributed by atoms with van der Waals surface area (Å²) in [5.41, 5.74) is 2.62. The normalized spacial score (nSPS) is 26.9. The predicted molar refractivity (Wildman–Crippen MR) is 93.5 cm³/mol. The Labute approximate surface area is 143 Å². The molecular formula is C19H25N3O2. The Bertz CT molecular complexity index is 673. The minimum absolute atomic E-state index is 0.0442. The summed E-state index contributed by atoms with van der Waals surface area (Å²) in [5.74, 6) is 0.195. The van der Waals surface area contributed by atoms with Crippen molar-refractivity contribution in [3.05, 3.63) is 29.3 Å². The Morgan fingerprint density at radius 3 is 2.96 bits per heavy atom. The fourth-order valence-electron chi connectivity index (χ4n) is 4.37. The lowest BCUT2D eigenvalue weighted by Gasteiger charge is -2.42. The highest BCUT2D eigenvalue weighted by Crippen LogP contribution is 2.27. The van der Waals surface area contributed by atoms with E-state index in [1.807, 2.05) is 23.1 Å². The van der Waals surface area contributed by atoms with Crippen molar-refractivity contribution < 1.29 is 9.59 Å². The maximum absolute atomic E-state index is 12.7. The molecule has 0 radical (unpaired) electrons. The van der Waals surface area contributed by atoms with Gasteiger partial charge in [-0.05, 0) is 56.8 Å². The molecule has 5 nitrogen and oxygen atoms in total. The molecule has 2 amide bonds. The third kappa shape index (κ3) is 2.81. The van der Waals surface area contributed by atoms with Gasteiger partial charge in [0.25, 0.3) is 0 Å². The van der Waals surface area contributed by atoms with E-state index < -0.39 is 0 Å². The summed E-state index contributed by atoms with van der Waals surface area (Å²) in [7, 11) is 0. The van der Waals surface area contributed by atoms with Gasteiger partial charge in [0.1, 0.15) is 0 Å². The van der Waals surface area contributed by atoms with Crippen LogP contribution in [0.25, 0.3) is 0 Å². The Hall–Kier alpha value is -1.88. The van der Waals surface area contributed by atoms with Crippen LogP contribution in [0.5, 0.6) is 0 Å². The van der Waals surface area contributed by atoms with Gasteiger partial charge in [0.2, 0.25) is 0 Å². The van der Waals surface area contributed by atoms with Gasteiger partial charge in [-0.15, -0.1) is 0 Å². The van der Waals surface area contributed by atoms with Crippen LogP contribution in [0.3, 0.4) is 0 Å². The highest BCUT2D eigenvalue weighted by molar-refractivity contribution is 6.00. The second-order valence-corrected chi connectivity index (χ2v) is 7.37. The van der Waals surface area contributed by atoms with Crippen LogP contribution in [0.4, 0.5) is 10.5 Å². The number of benzene rings is 1. The molecule has 2 aliphatic heterocycles. The topological polar surface area (TPSA) is 52.6 Å². The molecule has 2 fully saturated rings. The minimum Gasteiger partial charge on any atom is -0.319 e. The number of hydrogen-bond acceptors (Lipinski definition) is 3. The van der Waals surface area contributed by atoms with Crippen LogP contribution >= 0.6 is 0 Å². The van der Waals surface area contributed by atoms with E-state index in [0.29, 0.717) is 12.5 Å². The largest absolute Gasteiger partial charge is 0.322 e. The Morgan fingerprint density at radius 1 is 1.21 bits per heavy atom. The lowest BCUT2D eigenvalue weighted by molar-refractivity contribution is 0.0861. The molecule has 24 heavy (non-hydrogen) atoms. The minimum atomic E-state index is -0.0442. The van der Waals surface area contributed by atoms with E-state index in [1.165, 1.54) is 12.8 Å². The van der Waals surface area contributed by atoms with Crippen molar-refractivity contribution in [3.8, 4) is 0 Å². The molecule has 5 heteroatoms. The number of ketones is 1. The van der Waals surface area contributed by atoms with Crippen molar-refractivity contribution in [1.29, 1.82) is 0 Å². The first-order valence-electron chi connectivity index (χ1n) is 9.09. The van der Waals surface area contributed by atoms with E-state index in [2.05, 4.69) is 17.1 Å². The van der Waals surface area contributed by atoms with Gasteiger partial charge in [-0.2, -0.15) is 0 Å². The molecule has 1 N–H and O–H groups in total. The average Bonchev–Trinajstić information content (AvgIpc) is 3.02. The van der Waals surface area contributed by atoms with E-state index in [9.17, 15) is 9.59 Å². The van der Waals surface area contributed by atoms with Crippen LogP contribution in [-0.2, 0) is 6.42 Å². The first kappa shape index (κ1) is 15.6. The number of nitrogens with one attached hydrogen (secondary N) is 1. The molecule has 2 heterocycles. The van der Waals surface area contributed by atoms with Gasteiger partial charge < -0.3 is 10.2 Å². The molecule has 0 unspecified atom stereocenters. The summed E-state index contributed by atoms with van der Waals surface area (Å²) < 4.78 is 0. The van der Waals surface area contributed by atoms with Crippen molar-refractivity contribution in [2.45, 2.75) is 51.1 Å². The standard InChI is InChI=1S/C19H25N3O2/c1-13-11-21-9-3-5-16(21)12-22(13)19(24)20-15-8-7-14-4-2-6-18(23)17(14)10-15/h7-8,10,13,16H,2-6,9,11-12H2,1H3,(H,20,24)/t13-,16-/m1/s1. The maximum Gasteiger partial charge on any atom is 0.322 e. The molecule has 2 atom stereocenters. The highest BCUT2D eigenvalue weighted by Gasteiger charge is 2.36. The summed E-state index contributed by atoms with van der Waals surface area (Å²) in [6.07, 6.45) is 4.92. The SMILES string of the molecule is C[C@@H]1CN2CCC[C@@H]2CN1C(=O)Nc1ccc2c(c1)C(=O)CCC2. The summed E-state index contributed by atoms with van der Waals surface area (Å²) in [6, 6.07) is 6.45. The highest BCUT2D eigenvalue weighted by atomic mass is 16.2. The van der Waals surface area contributed by atoms with Crippen LogP contribution in [0.1, 0.15) is 48.5 Å². The zero-order valence-electron chi connectivity index (χ0n) is 14.3. The number of rotatable bonds is 1. The van der Waals surface area contributed by atoms with E-state index in [4.69, 9.17) is 0 Å². The van der Waals surface area contributed by atoms with Crippen molar-refractivity contribution in [1.82, 2.24) is 9.80 Å². The summed E-state index contributed by atoms with van der Waals surface area (Å²) in [6.45, 7) is 5.04. The van der Waals surface area contributed by atoms with Gasteiger partial charge >= 0.3 is 6.03 Å². The Morgan fingerprint density at radius 2 is 2.08 bits per heavy atom. The Kier molecular flexibility index (Phi) is 4.04. The number of aryl methyl sites for hydroxylation is 1. The first-order chi connectivity index (χ1) is 11.6. The number of hydrogen-bond donors (Lipinski definition) is 1. The zero-order chi connectivity index (χ0) is 16.7. The molecule has 3 aliphatic rings. The Balaban J connectivity index is 1.48. The first-order valence-corrected chi connectivity index (χ1v) is 9.09. The molecule has 1 aromatic carbocycles. The van der Waals surface area contributed by atoms with Gasteiger partial charge in [-0.3, -0.25) is 9.69 Å². The number of amides is 2.